The summed E-state index contributed by atoms with van der Waals surface area (Å²) < 4.78 is 19.7. The molecule has 0 radical (unpaired) electrons. The van der Waals surface area contributed by atoms with Gasteiger partial charge in [-0.1, -0.05) is 6.07 Å². The highest BCUT2D eigenvalue weighted by Crippen LogP contribution is 2.31. The molecule has 34 heavy (non-hydrogen) atoms. The topological polar surface area (TPSA) is 133 Å². The summed E-state index contributed by atoms with van der Waals surface area (Å²) in [5.41, 5.74) is -0.837. The Kier molecular flexibility index (Phi) is 6.15. The Hall–Kier alpha value is -4.45. The highest BCUT2D eigenvalue weighted by Gasteiger charge is 2.23. The Labute approximate surface area is 194 Å². The average Bonchev–Trinajstić information content (AvgIpc) is 3.23. The molecule has 172 valence electrons. The molecule has 0 saturated heterocycles. The third kappa shape index (κ3) is 4.26. The fourth-order valence-corrected chi connectivity index (χ4v) is 4.12. The summed E-state index contributed by atoms with van der Waals surface area (Å²) in [7, 11) is 0. The molecule has 0 bridgehead atoms. The molecule has 0 spiro atoms. The van der Waals surface area contributed by atoms with Crippen LogP contribution in [-0.4, -0.2) is 33.2 Å². The van der Waals surface area contributed by atoms with E-state index in [0.717, 1.165) is 22.1 Å². The van der Waals surface area contributed by atoms with Crippen molar-refractivity contribution in [2.75, 3.05) is 11.9 Å². The number of rotatable bonds is 6. The van der Waals surface area contributed by atoms with E-state index >= 15 is 0 Å². The minimum atomic E-state index is -0.788. The van der Waals surface area contributed by atoms with Gasteiger partial charge in [0.05, 0.1) is 22.6 Å². The number of non-ortho nitro benzene ring substituents is 1. The van der Waals surface area contributed by atoms with Gasteiger partial charge in [0, 0.05) is 28.5 Å². The molecule has 0 saturated carbocycles. The molecule has 1 amide bonds. The number of carbonyl (C=O) groups excluding carboxylic acids is 2. The van der Waals surface area contributed by atoms with Crippen LogP contribution >= 0.6 is 11.3 Å². The molecule has 2 heterocycles. The minimum absolute atomic E-state index is 0.0115. The number of esters is 1. The molecule has 0 atom stereocenters. The van der Waals surface area contributed by atoms with Gasteiger partial charge in [0.15, 0.2) is 5.69 Å². The van der Waals surface area contributed by atoms with E-state index in [2.05, 4.69) is 10.4 Å². The first-order valence-corrected chi connectivity index (χ1v) is 10.7. The molecule has 10 nitrogen and oxygen atoms in total. The van der Waals surface area contributed by atoms with Crippen molar-refractivity contribution in [2.24, 2.45) is 0 Å². The number of amides is 1. The number of nitro groups is 1. The van der Waals surface area contributed by atoms with Gasteiger partial charge in [-0.3, -0.25) is 19.7 Å². The van der Waals surface area contributed by atoms with Crippen LogP contribution in [0.5, 0.6) is 0 Å². The number of hydrogen-bond acceptors (Lipinski definition) is 8. The molecule has 12 heteroatoms. The Morgan fingerprint density at radius 3 is 2.62 bits per heavy atom. The molecule has 1 N–H and O–H groups in total. The number of ether oxygens (including phenoxy) is 1. The second-order valence-electron chi connectivity index (χ2n) is 6.88. The number of anilines is 1. The van der Waals surface area contributed by atoms with E-state index in [-0.39, 0.29) is 45.0 Å². The lowest BCUT2D eigenvalue weighted by molar-refractivity contribution is -0.384. The lowest BCUT2D eigenvalue weighted by Crippen LogP contribution is -2.25. The van der Waals surface area contributed by atoms with Crippen LogP contribution in [0, 0.1) is 15.9 Å². The summed E-state index contributed by atoms with van der Waals surface area (Å²) in [4.78, 5) is 48.8. The lowest BCUT2D eigenvalue weighted by Gasteiger charge is -2.10. The standard InChI is InChI=1S/C22H15FN4O6S/c1-2-33-22(30)18-16-11-34-20(24-19(28)12-6-8-14(9-7-12)27(31)32)17(16)21(29)26(25-18)15-5-3-4-13(23)10-15/h3-11H,2H2,1H3,(H,24,28). The van der Waals surface area contributed by atoms with Gasteiger partial charge in [0.25, 0.3) is 17.2 Å². The monoisotopic (exact) mass is 482 g/mol. The van der Waals surface area contributed by atoms with Gasteiger partial charge >= 0.3 is 5.97 Å². The molecular weight excluding hydrogens is 467 g/mol. The van der Waals surface area contributed by atoms with Gasteiger partial charge in [-0.15, -0.1) is 11.3 Å². The normalized spacial score (nSPS) is 10.8. The van der Waals surface area contributed by atoms with Crippen molar-refractivity contribution < 1.29 is 23.6 Å². The molecule has 0 aliphatic carbocycles. The first-order valence-electron chi connectivity index (χ1n) is 9.83. The Morgan fingerprint density at radius 2 is 1.97 bits per heavy atom. The molecule has 2 aromatic heterocycles. The van der Waals surface area contributed by atoms with Gasteiger partial charge < -0.3 is 10.1 Å². The molecular formula is C22H15FN4O6S. The number of halogens is 1. The van der Waals surface area contributed by atoms with Crippen molar-refractivity contribution in [3.05, 3.63) is 91.5 Å². The van der Waals surface area contributed by atoms with E-state index in [0.29, 0.717) is 0 Å². The summed E-state index contributed by atoms with van der Waals surface area (Å²) in [6.07, 6.45) is 0. The Morgan fingerprint density at radius 1 is 1.24 bits per heavy atom. The van der Waals surface area contributed by atoms with Crippen LogP contribution in [-0.2, 0) is 4.74 Å². The number of aromatic nitrogens is 2. The predicted octanol–water partition coefficient (Wildman–Crippen LogP) is 3.92. The molecule has 4 rings (SSSR count). The number of hydrogen-bond donors (Lipinski definition) is 1. The summed E-state index contributed by atoms with van der Waals surface area (Å²) in [6.45, 7) is 1.68. The van der Waals surface area contributed by atoms with Crippen LogP contribution in [0.4, 0.5) is 15.1 Å². The third-order valence-electron chi connectivity index (χ3n) is 4.74. The lowest BCUT2D eigenvalue weighted by atomic mass is 10.2. The largest absolute Gasteiger partial charge is 0.461 e. The summed E-state index contributed by atoms with van der Waals surface area (Å²) in [5, 5.41) is 19.3. The molecule has 0 fully saturated rings. The molecule has 2 aromatic carbocycles. The number of carbonyl (C=O) groups is 2. The van der Waals surface area contributed by atoms with Crippen molar-refractivity contribution in [1.82, 2.24) is 9.78 Å². The molecule has 0 aliphatic rings. The number of nitrogens with one attached hydrogen (secondary N) is 1. The van der Waals surface area contributed by atoms with Crippen molar-refractivity contribution in [3.63, 3.8) is 0 Å². The summed E-state index contributed by atoms with van der Waals surface area (Å²) >= 11 is 0.989. The molecule has 0 aliphatic heterocycles. The van der Waals surface area contributed by atoms with Crippen LogP contribution in [0.2, 0.25) is 0 Å². The van der Waals surface area contributed by atoms with Crippen molar-refractivity contribution in [2.45, 2.75) is 6.92 Å². The highest BCUT2D eigenvalue weighted by atomic mass is 32.1. The second-order valence-corrected chi connectivity index (χ2v) is 7.76. The van der Waals surface area contributed by atoms with E-state index in [4.69, 9.17) is 4.74 Å². The van der Waals surface area contributed by atoms with E-state index in [9.17, 15) is 28.9 Å². The molecule has 0 unspecified atom stereocenters. The fourth-order valence-electron chi connectivity index (χ4n) is 3.18. The summed E-state index contributed by atoms with van der Waals surface area (Å²) in [6, 6.07) is 10.0. The van der Waals surface area contributed by atoms with Gasteiger partial charge in [-0.2, -0.15) is 9.78 Å². The maximum atomic E-state index is 13.8. The maximum absolute atomic E-state index is 13.8. The number of fused-ring (bicyclic) bond motifs is 1. The van der Waals surface area contributed by atoms with Gasteiger partial charge in [0.1, 0.15) is 10.8 Å². The maximum Gasteiger partial charge on any atom is 0.359 e. The quantitative estimate of drug-likeness (QED) is 0.250. The number of nitrogens with zero attached hydrogens (tertiary/aromatic N) is 3. The van der Waals surface area contributed by atoms with Crippen LogP contribution in [0.1, 0.15) is 27.8 Å². The van der Waals surface area contributed by atoms with Crippen LogP contribution in [0.15, 0.2) is 58.7 Å². The zero-order valence-electron chi connectivity index (χ0n) is 17.5. The number of nitro benzene ring substituents is 1. The Balaban J connectivity index is 1.83. The number of thiophene rings is 1. The van der Waals surface area contributed by atoms with E-state index < -0.39 is 28.2 Å². The first-order chi connectivity index (χ1) is 16.3. The highest BCUT2D eigenvalue weighted by molar-refractivity contribution is 7.16. The van der Waals surface area contributed by atoms with Crippen LogP contribution in [0.3, 0.4) is 0 Å². The van der Waals surface area contributed by atoms with E-state index in [1.807, 2.05) is 0 Å². The first kappa shape index (κ1) is 22.7. The van der Waals surface area contributed by atoms with Gasteiger partial charge in [-0.25, -0.2) is 9.18 Å². The zero-order chi connectivity index (χ0) is 24.4. The van der Waals surface area contributed by atoms with Crippen molar-refractivity contribution >= 4 is 44.7 Å². The van der Waals surface area contributed by atoms with E-state index in [1.165, 1.54) is 47.8 Å². The minimum Gasteiger partial charge on any atom is -0.461 e. The smallest absolute Gasteiger partial charge is 0.359 e. The summed E-state index contributed by atoms with van der Waals surface area (Å²) in [5.74, 6) is -2.02. The van der Waals surface area contributed by atoms with Crippen LogP contribution < -0.4 is 10.9 Å². The van der Waals surface area contributed by atoms with Gasteiger partial charge in [0.2, 0.25) is 0 Å². The third-order valence-corrected chi connectivity index (χ3v) is 5.64. The average molecular weight is 482 g/mol. The van der Waals surface area contributed by atoms with Crippen molar-refractivity contribution in [1.29, 1.82) is 0 Å². The fraction of sp³-hybridized carbons (Fsp3) is 0.0909. The SMILES string of the molecule is CCOC(=O)c1nn(-c2cccc(F)c2)c(=O)c2c(NC(=O)c3ccc([N+](=O)[O-])cc3)scc12. The van der Waals surface area contributed by atoms with Gasteiger partial charge in [-0.05, 0) is 37.3 Å². The van der Waals surface area contributed by atoms with E-state index in [1.54, 1.807) is 6.92 Å². The number of benzene rings is 2. The zero-order valence-corrected chi connectivity index (χ0v) is 18.3. The Bertz CT molecular complexity index is 1500. The van der Waals surface area contributed by atoms with Crippen molar-refractivity contribution in [3.8, 4) is 5.69 Å². The predicted molar refractivity (Wildman–Crippen MR) is 122 cm³/mol. The molecule has 4 aromatic rings. The second kappa shape index (κ2) is 9.19. The van der Waals surface area contributed by atoms with Crippen LogP contribution in [0.25, 0.3) is 16.5 Å².